The molecular formula is C21H18N2O4. The Kier molecular flexibility index (Phi) is 5.23. The first-order valence-corrected chi connectivity index (χ1v) is 8.48. The molecule has 6 nitrogen and oxygen atoms in total. The van der Waals surface area contributed by atoms with Crippen LogP contribution in [0.4, 0.5) is 0 Å². The lowest BCUT2D eigenvalue weighted by Gasteiger charge is -2.08. The van der Waals surface area contributed by atoms with Crippen LogP contribution in [0.15, 0.2) is 48.7 Å². The molecule has 3 aromatic rings. The maximum absolute atomic E-state index is 11.8. The standard InChI is InChI=1S/C21H18N2O4/c1-3-26-21(25)16-5-7-18(8-6-16)23-12-17(11-22)19-9-4-15(10-20(19)23)13-27-14(2)24/h4-10,12H,3,13H2,1-2H3. The molecule has 0 saturated carbocycles. The van der Waals surface area contributed by atoms with E-state index >= 15 is 0 Å². The fraction of sp³-hybridized carbons (Fsp3) is 0.190. The van der Waals surface area contributed by atoms with Crippen LogP contribution in [0, 0.1) is 11.3 Å². The lowest BCUT2D eigenvalue weighted by Crippen LogP contribution is -2.04. The van der Waals surface area contributed by atoms with Gasteiger partial charge in [-0.25, -0.2) is 4.79 Å². The van der Waals surface area contributed by atoms with Crippen LogP contribution < -0.4 is 0 Å². The van der Waals surface area contributed by atoms with Gasteiger partial charge in [-0.05, 0) is 42.8 Å². The van der Waals surface area contributed by atoms with Crippen molar-refractivity contribution < 1.29 is 19.1 Å². The number of carbonyl (C=O) groups excluding carboxylic acids is 2. The summed E-state index contributed by atoms with van der Waals surface area (Å²) in [7, 11) is 0. The SMILES string of the molecule is CCOC(=O)c1ccc(-n2cc(C#N)c3ccc(COC(C)=O)cc32)cc1. The summed E-state index contributed by atoms with van der Waals surface area (Å²) in [5.41, 5.74) is 3.45. The van der Waals surface area contributed by atoms with Crippen molar-refractivity contribution in [1.82, 2.24) is 4.57 Å². The largest absolute Gasteiger partial charge is 0.462 e. The summed E-state index contributed by atoms with van der Waals surface area (Å²) < 4.78 is 11.9. The van der Waals surface area contributed by atoms with Crippen molar-refractivity contribution in [3.63, 3.8) is 0 Å². The molecule has 0 aliphatic rings. The van der Waals surface area contributed by atoms with Crippen LogP contribution in [0.1, 0.15) is 35.3 Å². The van der Waals surface area contributed by atoms with Crippen LogP contribution in [0.2, 0.25) is 0 Å². The molecule has 0 radical (unpaired) electrons. The minimum Gasteiger partial charge on any atom is -0.462 e. The Morgan fingerprint density at radius 2 is 1.85 bits per heavy atom. The zero-order chi connectivity index (χ0) is 19.4. The van der Waals surface area contributed by atoms with E-state index in [1.165, 1.54) is 6.92 Å². The van der Waals surface area contributed by atoms with Crippen LogP contribution >= 0.6 is 0 Å². The summed E-state index contributed by atoms with van der Waals surface area (Å²) in [5, 5.41) is 10.2. The smallest absolute Gasteiger partial charge is 0.338 e. The number of esters is 2. The molecule has 0 unspecified atom stereocenters. The number of rotatable bonds is 5. The molecule has 3 rings (SSSR count). The Hall–Kier alpha value is -3.59. The predicted molar refractivity (Wildman–Crippen MR) is 99.4 cm³/mol. The Labute approximate surface area is 156 Å². The Morgan fingerprint density at radius 3 is 2.48 bits per heavy atom. The van der Waals surface area contributed by atoms with Crippen molar-refractivity contribution in [3.05, 3.63) is 65.4 Å². The van der Waals surface area contributed by atoms with E-state index in [4.69, 9.17) is 9.47 Å². The van der Waals surface area contributed by atoms with Crippen LogP contribution in [-0.2, 0) is 20.9 Å². The highest BCUT2D eigenvalue weighted by atomic mass is 16.5. The number of benzene rings is 2. The summed E-state index contributed by atoms with van der Waals surface area (Å²) in [6, 6.07) is 14.7. The van der Waals surface area contributed by atoms with Gasteiger partial charge in [0, 0.05) is 24.2 Å². The summed E-state index contributed by atoms with van der Waals surface area (Å²) in [4.78, 5) is 22.9. The zero-order valence-electron chi connectivity index (χ0n) is 15.1. The van der Waals surface area contributed by atoms with E-state index in [1.54, 1.807) is 37.4 Å². The summed E-state index contributed by atoms with van der Waals surface area (Å²) >= 11 is 0. The minimum absolute atomic E-state index is 0.167. The van der Waals surface area contributed by atoms with Gasteiger partial charge in [0.25, 0.3) is 0 Å². The first-order chi connectivity index (χ1) is 13.0. The van der Waals surface area contributed by atoms with Gasteiger partial charge in [-0.3, -0.25) is 4.79 Å². The Morgan fingerprint density at radius 1 is 1.11 bits per heavy atom. The van der Waals surface area contributed by atoms with E-state index in [9.17, 15) is 14.9 Å². The second-order valence-electron chi connectivity index (χ2n) is 5.92. The first kappa shape index (κ1) is 18.2. The molecule has 0 atom stereocenters. The van der Waals surface area contributed by atoms with Crippen molar-refractivity contribution >= 4 is 22.8 Å². The third-order valence-corrected chi connectivity index (χ3v) is 4.09. The average Bonchev–Trinajstić information content (AvgIpc) is 3.04. The summed E-state index contributed by atoms with van der Waals surface area (Å²) in [5.74, 6) is -0.722. The molecule has 136 valence electrons. The molecule has 27 heavy (non-hydrogen) atoms. The molecule has 0 fully saturated rings. The van der Waals surface area contributed by atoms with Gasteiger partial charge in [-0.2, -0.15) is 5.26 Å². The van der Waals surface area contributed by atoms with E-state index in [2.05, 4.69) is 6.07 Å². The van der Waals surface area contributed by atoms with Gasteiger partial charge in [0.05, 0.1) is 23.3 Å². The van der Waals surface area contributed by atoms with E-state index in [0.29, 0.717) is 17.7 Å². The van der Waals surface area contributed by atoms with E-state index in [0.717, 1.165) is 22.2 Å². The van der Waals surface area contributed by atoms with Crippen LogP contribution in [-0.4, -0.2) is 23.1 Å². The van der Waals surface area contributed by atoms with Gasteiger partial charge >= 0.3 is 11.9 Å². The van der Waals surface area contributed by atoms with Crippen LogP contribution in [0.25, 0.3) is 16.6 Å². The highest BCUT2D eigenvalue weighted by Crippen LogP contribution is 2.26. The maximum atomic E-state index is 11.8. The second kappa shape index (κ2) is 7.75. The minimum atomic E-state index is -0.372. The predicted octanol–water partition coefficient (Wildman–Crippen LogP) is 3.74. The van der Waals surface area contributed by atoms with E-state index < -0.39 is 0 Å². The van der Waals surface area contributed by atoms with Gasteiger partial charge in [-0.15, -0.1) is 0 Å². The average molecular weight is 362 g/mol. The van der Waals surface area contributed by atoms with Crippen molar-refractivity contribution in [2.24, 2.45) is 0 Å². The first-order valence-electron chi connectivity index (χ1n) is 8.48. The fourth-order valence-corrected chi connectivity index (χ4v) is 2.82. The van der Waals surface area contributed by atoms with Crippen molar-refractivity contribution in [2.45, 2.75) is 20.5 Å². The van der Waals surface area contributed by atoms with Crippen LogP contribution in [0.3, 0.4) is 0 Å². The molecule has 1 aromatic heterocycles. The molecule has 0 spiro atoms. The molecular weight excluding hydrogens is 344 g/mol. The number of hydrogen-bond donors (Lipinski definition) is 0. The van der Waals surface area contributed by atoms with Gasteiger partial charge in [0.15, 0.2) is 0 Å². The monoisotopic (exact) mass is 362 g/mol. The quantitative estimate of drug-likeness (QED) is 0.646. The van der Waals surface area contributed by atoms with Crippen molar-refractivity contribution in [1.29, 1.82) is 5.26 Å². The number of aromatic nitrogens is 1. The summed E-state index contributed by atoms with van der Waals surface area (Å²) in [6.07, 6.45) is 1.75. The molecule has 0 aliphatic carbocycles. The zero-order valence-corrected chi connectivity index (χ0v) is 15.1. The Bertz CT molecular complexity index is 1040. The molecule has 0 amide bonds. The number of nitrogens with zero attached hydrogens (tertiary/aromatic N) is 2. The number of nitriles is 1. The molecule has 0 saturated heterocycles. The number of ether oxygens (including phenoxy) is 2. The number of fused-ring (bicyclic) bond motifs is 1. The van der Waals surface area contributed by atoms with Crippen LogP contribution in [0.5, 0.6) is 0 Å². The molecule has 0 bridgehead atoms. The van der Waals surface area contributed by atoms with Crippen molar-refractivity contribution in [2.75, 3.05) is 6.61 Å². The topological polar surface area (TPSA) is 81.3 Å². The molecule has 1 heterocycles. The number of hydrogen-bond acceptors (Lipinski definition) is 5. The normalized spacial score (nSPS) is 10.4. The summed E-state index contributed by atoms with van der Waals surface area (Å²) in [6.45, 7) is 3.61. The van der Waals surface area contributed by atoms with E-state index in [1.807, 2.05) is 22.8 Å². The van der Waals surface area contributed by atoms with Crippen molar-refractivity contribution in [3.8, 4) is 11.8 Å². The van der Waals surface area contributed by atoms with Gasteiger partial charge in [0.1, 0.15) is 12.7 Å². The number of carbonyl (C=O) groups is 2. The fourth-order valence-electron chi connectivity index (χ4n) is 2.82. The molecule has 0 N–H and O–H groups in total. The lowest BCUT2D eigenvalue weighted by atomic mass is 10.1. The van der Waals surface area contributed by atoms with E-state index in [-0.39, 0.29) is 18.5 Å². The highest BCUT2D eigenvalue weighted by molar-refractivity contribution is 5.90. The highest BCUT2D eigenvalue weighted by Gasteiger charge is 2.12. The maximum Gasteiger partial charge on any atom is 0.338 e. The van der Waals surface area contributed by atoms with Gasteiger partial charge < -0.3 is 14.0 Å². The molecule has 6 heteroatoms. The Balaban J connectivity index is 2.02. The molecule has 0 aliphatic heterocycles. The van der Waals surface area contributed by atoms with Gasteiger partial charge in [-0.1, -0.05) is 12.1 Å². The third-order valence-electron chi connectivity index (χ3n) is 4.09. The second-order valence-corrected chi connectivity index (χ2v) is 5.92. The lowest BCUT2D eigenvalue weighted by molar-refractivity contribution is -0.142. The third kappa shape index (κ3) is 3.82. The molecule has 2 aromatic carbocycles. The van der Waals surface area contributed by atoms with Gasteiger partial charge in [0.2, 0.25) is 0 Å².